The van der Waals surface area contributed by atoms with Crippen molar-refractivity contribution in [3.05, 3.63) is 40.0 Å². The van der Waals surface area contributed by atoms with Crippen molar-refractivity contribution in [1.29, 1.82) is 0 Å². The van der Waals surface area contributed by atoms with E-state index < -0.39 is 0 Å². The van der Waals surface area contributed by atoms with E-state index in [9.17, 15) is 4.39 Å². The molecule has 1 aromatic carbocycles. The van der Waals surface area contributed by atoms with Crippen LogP contribution in [0.3, 0.4) is 0 Å². The van der Waals surface area contributed by atoms with Crippen LogP contribution in [0.25, 0.3) is 11.3 Å². The number of benzene rings is 1. The maximum atomic E-state index is 13.2. The van der Waals surface area contributed by atoms with Crippen LogP contribution in [0.4, 0.5) is 4.39 Å². The molecule has 0 aliphatic carbocycles. The highest BCUT2D eigenvalue weighted by Crippen LogP contribution is 2.23. The maximum absolute atomic E-state index is 13.2. The molecule has 3 heteroatoms. The van der Waals surface area contributed by atoms with Gasteiger partial charge in [-0.3, -0.25) is 0 Å². The summed E-state index contributed by atoms with van der Waals surface area (Å²) in [5.41, 5.74) is 2.37. The van der Waals surface area contributed by atoms with Crippen molar-refractivity contribution in [3.8, 4) is 11.3 Å². The van der Waals surface area contributed by atoms with Crippen molar-refractivity contribution in [2.24, 2.45) is 0 Å². The number of hydrogen-bond donors (Lipinski definition) is 0. The summed E-state index contributed by atoms with van der Waals surface area (Å²) in [6.45, 7) is 3.70. The predicted octanol–water partition coefficient (Wildman–Crippen LogP) is 3.57. The number of nitrogens with zero attached hydrogens (tertiary/aromatic N) is 1. The first-order valence-electron chi connectivity index (χ1n) is 4.35. The Bertz CT molecular complexity index is 462. The molecule has 0 aliphatic rings. The summed E-state index contributed by atoms with van der Waals surface area (Å²) in [6, 6.07) is 5.20. The monoisotopic (exact) mass is 207 g/mol. The Morgan fingerprint density at radius 2 is 2.07 bits per heavy atom. The summed E-state index contributed by atoms with van der Waals surface area (Å²) >= 11 is 1.58. The van der Waals surface area contributed by atoms with E-state index in [0.717, 1.165) is 16.3 Å². The van der Waals surface area contributed by atoms with Gasteiger partial charge in [0.05, 0.1) is 10.7 Å². The van der Waals surface area contributed by atoms with Crippen LogP contribution in [0.1, 0.15) is 10.6 Å². The van der Waals surface area contributed by atoms with Crippen LogP contribution in [-0.2, 0) is 0 Å². The zero-order chi connectivity index (χ0) is 10.1. The summed E-state index contributed by atoms with van der Waals surface area (Å²) in [6.07, 6.45) is 0. The Kier molecular flexibility index (Phi) is 2.33. The van der Waals surface area contributed by atoms with Gasteiger partial charge >= 0.3 is 0 Å². The Labute approximate surface area is 86.2 Å². The highest BCUT2D eigenvalue weighted by atomic mass is 32.1. The first-order valence-corrected chi connectivity index (χ1v) is 5.23. The smallest absolute Gasteiger partial charge is 0.126 e. The molecule has 0 saturated carbocycles. The molecule has 1 heterocycles. The van der Waals surface area contributed by atoms with Crippen LogP contribution in [0.2, 0.25) is 0 Å². The summed E-state index contributed by atoms with van der Waals surface area (Å²) in [4.78, 5) is 4.30. The Morgan fingerprint density at radius 3 is 2.64 bits per heavy atom. The number of hydrogen-bond acceptors (Lipinski definition) is 2. The van der Waals surface area contributed by atoms with Gasteiger partial charge in [0.25, 0.3) is 0 Å². The molecule has 72 valence electrons. The van der Waals surface area contributed by atoms with Gasteiger partial charge in [0, 0.05) is 10.9 Å². The molecule has 0 amide bonds. The molecule has 2 aromatic rings. The van der Waals surface area contributed by atoms with Crippen molar-refractivity contribution in [1.82, 2.24) is 4.98 Å². The highest BCUT2D eigenvalue weighted by Gasteiger charge is 2.04. The molecule has 0 aliphatic heterocycles. The second-order valence-electron chi connectivity index (χ2n) is 3.22. The van der Waals surface area contributed by atoms with Gasteiger partial charge in [-0.25, -0.2) is 9.37 Å². The first-order chi connectivity index (χ1) is 6.66. The van der Waals surface area contributed by atoms with Crippen molar-refractivity contribution >= 4 is 11.3 Å². The third-order valence-electron chi connectivity index (χ3n) is 2.09. The van der Waals surface area contributed by atoms with Crippen molar-refractivity contribution in [2.75, 3.05) is 0 Å². The Balaban J connectivity index is 2.47. The Morgan fingerprint density at radius 1 is 1.29 bits per heavy atom. The van der Waals surface area contributed by atoms with E-state index in [1.54, 1.807) is 24.3 Å². The average Bonchev–Trinajstić information content (AvgIpc) is 2.57. The lowest BCUT2D eigenvalue weighted by Crippen LogP contribution is -1.84. The number of halogens is 1. The quantitative estimate of drug-likeness (QED) is 0.696. The summed E-state index contributed by atoms with van der Waals surface area (Å²) in [7, 11) is 0. The topological polar surface area (TPSA) is 12.9 Å². The highest BCUT2D eigenvalue weighted by molar-refractivity contribution is 7.09. The van der Waals surface area contributed by atoms with Gasteiger partial charge in [0.15, 0.2) is 0 Å². The molecule has 2 rings (SSSR count). The maximum Gasteiger partial charge on any atom is 0.126 e. The minimum atomic E-state index is -0.173. The molecule has 0 saturated heterocycles. The van der Waals surface area contributed by atoms with Crippen LogP contribution in [0, 0.1) is 19.7 Å². The van der Waals surface area contributed by atoms with Gasteiger partial charge < -0.3 is 0 Å². The van der Waals surface area contributed by atoms with Crippen LogP contribution in [0.5, 0.6) is 0 Å². The minimum absolute atomic E-state index is 0.173. The molecule has 0 fully saturated rings. The second kappa shape index (κ2) is 3.50. The van der Waals surface area contributed by atoms with Gasteiger partial charge in [-0.15, -0.1) is 11.3 Å². The van der Waals surface area contributed by atoms with Crippen LogP contribution in [0.15, 0.2) is 23.6 Å². The van der Waals surface area contributed by atoms with E-state index in [-0.39, 0.29) is 5.82 Å². The fourth-order valence-corrected chi connectivity index (χ4v) is 1.87. The van der Waals surface area contributed by atoms with Gasteiger partial charge in [-0.2, -0.15) is 0 Å². The van der Waals surface area contributed by atoms with E-state index in [4.69, 9.17) is 0 Å². The van der Waals surface area contributed by atoms with E-state index in [1.807, 2.05) is 18.4 Å². The molecule has 0 atom stereocenters. The van der Waals surface area contributed by atoms with Crippen LogP contribution in [-0.4, -0.2) is 4.98 Å². The van der Waals surface area contributed by atoms with E-state index >= 15 is 0 Å². The predicted molar refractivity (Wildman–Crippen MR) is 57.0 cm³/mol. The van der Waals surface area contributed by atoms with Crippen LogP contribution >= 0.6 is 11.3 Å². The lowest BCUT2D eigenvalue weighted by molar-refractivity contribution is 0.619. The van der Waals surface area contributed by atoms with Gasteiger partial charge in [-0.1, -0.05) is 12.1 Å². The zero-order valence-electron chi connectivity index (χ0n) is 8.04. The molecule has 0 N–H and O–H groups in total. The third-order valence-corrected chi connectivity index (χ3v) is 2.86. The lowest BCUT2D eigenvalue weighted by Gasteiger charge is -1.99. The van der Waals surface area contributed by atoms with Crippen molar-refractivity contribution < 1.29 is 4.39 Å². The summed E-state index contributed by atoms with van der Waals surface area (Å²) in [5, 5.41) is 2.94. The Hall–Kier alpha value is -1.22. The molecule has 0 unspecified atom stereocenters. The molecule has 1 aromatic heterocycles. The third kappa shape index (κ3) is 1.68. The second-order valence-corrected chi connectivity index (χ2v) is 4.28. The molecule has 0 bridgehead atoms. The van der Waals surface area contributed by atoms with E-state index in [1.165, 1.54) is 6.07 Å². The minimum Gasteiger partial charge on any atom is -0.242 e. The number of aromatic nitrogens is 1. The number of rotatable bonds is 1. The summed E-state index contributed by atoms with van der Waals surface area (Å²) in [5.74, 6) is -0.173. The fraction of sp³-hybridized carbons (Fsp3) is 0.182. The number of thiazole rings is 1. The van der Waals surface area contributed by atoms with Crippen molar-refractivity contribution in [3.63, 3.8) is 0 Å². The van der Waals surface area contributed by atoms with E-state index in [2.05, 4.69) is 4.98 Å². The van der Waals surface area contributed by atoms with Crippen molar-refractivity contribution in [2.45, 2.75) is 13.8 Å². The average molecular weight is 207 g/mol. The molecule has 1 nitrogen and oxygen atoms in total. The summed E-state index contributed by atoms with van der Waals surface area (Å²) < 4.78 is 13.2. The first kappa shape index (κ1) is 9.34. The normalized spacial score (nSPS) is 10.5. The zero-order valence-corrected chi connectivity index (χ0v) is 8.86. The largest absolute Gasteiger partial charge is 0.242 e. The molecule has 0 radical (unpaired) electrons. The van der Waals surface area contributed by atoms with Crippen LogP contribution < -0.4 is 0 Å². The fourth-order valence-electron chi connectivity index (χ4n) is 1.25. The standard InChI is InChI=1S/C11H10FNS/c1-7-3-4-9(5-10(7)12)11-6-14-8(2)13-11/h3-6H,1-2H3. The van der Waals surface area contributed by atoms with Gasteiger partial charge in [0.1, 0.15) is 5.82 Å². The van der Waals surface area contributed by atoms with Gasteiger partial charge in [-0.05, 0) is 25.5 Å². The molecular formula is C11H10FNS. The SMILES string of the molecule is Cc1nc(-c2ccc(C)c(F)c2)cs1. The molecular weight excluding hydrogens is 197 g/mol. The van der Waals surface area contributed by atoms with Gasteiger partial charge in [0.2, 0.25) is 0 Å². The molecule has 14 heavy (non-hydrogen) atoms. The lowest BCUT2D eigenvalue weighted by atomic mass is 10.1. The van der Waals surface area contributed by atoms with E-state index in [0.29, 0.717) is 5.56 Å². The molecule has 0 spiro atoms. The number of aryl methyl sites for hydroxylation is 2.